The molecule has 6 heteroatoms. The van der Waals surface area contributed by atoms with Crippen molar-refractivity contribution in [3.8, 4) is 11.5 Å². The summed E-state index contributed by atoms with van der Waals surface area (Å²) in [5.74, 6) is 0.806. The van der Waals surface area contributed by atoms with Gasteiger partial charge in [-0.05, 0) is 43.7 Å². The molecule has 0 unspecified atom stereocenters. The highest BCUT2D eigenvalue weighted by molar-refractivity contribution is 5.97. The Hall–Kier alpha value is -3.54. The number of amides is 1. The second kappa shape index (κ2) is 9.75. The van der Waals surface area contributed by atoms with Gasteiger partial charge in [0.1, 0.15) is 5.60 Å². The van der Waals surface area contributed by atoms with Gasteiger partial charge in [0.05, 0.1) is 20.8 Å². The first-order valence-corrected chi connectivity index (χ1v) is 11.2. The summed E-state index contributed by atoms with van der Waals surface area (Å²) in [5.41, 5.74) is 2.19. The van der Waals surface area contributed by atoms with E-state index in [1.807, 2.05) is 83.2 Å². The van der Waals surface area contributed by atoms with E-state index in [9.17, 15) is 9.59 Å². The third-order valence-electron chi connectivity index (χ3n) is 5.47. The second-order valence-corrected chi connectivity index (χ2v) is 9.81. The number of esters is 1. The third-order valence-corrected chi connectivity index (χ3v) is 5.47. The van der Waals surface area contributed by atoms with E-state index >= 15 is 0 Å². The van der Waals surface area contributed by atoms with Crippen LogP contribution in [0.15, 0.2) is 48.6 Å². The molecular weight excluding hydrogens is 430 g/mol. The Kier molecular flexibility index (Phi) is 7.20. The fourth-order valence-corrected chi connectivity index (χ4v) is 3.68. The molecule has 0 radical (unpaired) electrons. The highest BCUT2D eigenvalue weighted by Gasteiger charge is 2.31. The van der Waals surface area contributed by atoms with E-state index in [4.69, 9.17) is 9.47 Å². The molecule has 2 aromatic rings. The molecule has 0 aliphatic carbocycles. The van der Waals surface area contributed by atoms with Crippen LogP contribution in [0.5, 0.6) is 11.5 Å². The number of anilines is 1. The van der Waals surface area contributed by atoms with Crippen LogP contribution in [0.2, 0.25) is 0 Å². The lowest BCUT2D eigenvalue weighted by molar-refractivity contribution is -0.134. The van der Waals surface area contributed by atoms with Crippen molar-refractivity contribution in [1.82, 2.24) is 0 Å². The predicted octanol–water partition coefficient (Wildman–Crippen LogP) is 5.64. The molecule has 0 saturated heterocycles. The maximum atomic E-state index is 13.5. The maximum Gasteiger partial charge on any atom is 0.330 e. The first-order chi connectivity index (χ1) is 15.9. The largest absolute Gasteiger partial charge is 0.492 e. The first-order valence-electron chi connectivity index (χ1n) is 11.2. The van der Waals surface area contributed by atoms with Gasteiger partial charge in [-0.1, -0.05) is 51.1 Å². The van der Waals surface area contributed by atoms with Gasteiger partial charge in [-0.2, -0.15) is 0 Å². The van der Waals surface area contributed by atoms with Gasteiger partial charge in [-0.25, -0.2) is 4.79 Å². The highest BCUT2D eigenvalue weighted by atomic mass is 16.5. The van der Waals surface area contributed by atoms with Crippen molar-refractivity contribution in [2.45, 2.75) is 46.8 Å². The zero-order chi connectivity index (χ0) is 25.1. The molecule has 0 atom stereocenters. The Morgan fingerprint density at radius 2 is 1.85 bits per heavy atom. The minimum Gasteiger partial charge on any atom is -0.492 e. The molecule has 34 heavy (non-hydrogen) atoms. The van der Waals surface area contributed by atoms with Crippen LogP contribution in [0.3, 0.4) is 0 Å². The molecule has 0 saturated carbocycles. The number of hydrogen-bond acceptors (Lipinski definition) is 5. The topological polar surface area (TPSA) is 65.1 Å². The molecule has 0 bridgehead atoms. The summed E-state index contributed by atoms with van der Waals surface area (Å²) in [6.07, 6.45) is 7.06. The van der Waals surface area contributed by atoms with Gasteiger partial charge in [0.25, 0.3) is 0 Å². The molecule has 1 heterocycles. The average molecular weight is 464 g/mol. The third kappa shape index (κ3) is 5.68. The van der Waals surface area contributed by atoms with Crippen LogP contribution in [-0.2, 0) is 20.9 Å². The fraction of sp³-hybridized carbons (Fsp3) is 0.357. The summed E-state index contributed by atoms with van der Waals surface area (Å²) < 4.78 is 16.7. The fourth-order valence-electron chi connectivity index (χ4n) is 3.68. The van der Waals surface area contributed by atoms with E-state index in [0.29, 0.717) is 23.7 Å². The minimum absolute atomic E-state index is 0.0393. The number of benzene rings is 2. The number of carbonyl (C=O) groups excluding carboxylic acids is 2. The molecule has 1 amide bonds. The Labute approximate surface area is 201 Å². The summed E-state index contributed by atoms with van der Waals surface area (Å²) in [6, 6.07) is 11.4. The van der Waals surface area contributed by atoms with Crippen molar-refractivity contribution >= 4 is 29.7 Å². The number of methoxy groups -OCH3 is 2. The van der Waals surface area contributed by atoms with Gasteiger partial charge in [-0.15, -0.1) is 0 Å². The van der Waals surface area contributed by atoms with Gasteiger partial charge in [-0.3, -0.25) is 4.79 Å². The SMILES string of the molecule is COC(=O)/C=C/c1cccc(N(Cc2ccc3c(c2OC)OC(C)(C)C=C3)C(=O)C(C)(C)C)c1. The molecule has 0 aromatic heterocycles. The van der Waals surface area contributed by atoms with Crippen LogP contribution in [0.1, 0.15) is 51.3 Å². The van der Waals surface area contributed by atoms with Gasteiger partial charge >= 0.3 is 5.97 Å². The van der Waals surface area contributed by atoms with Crippen molar-refractivity contribution < 1.29 is 23.8 Å². The van der Waals surface area contributed by atoms with E-state index < -0.39 is 17.0 Å². The Morgan fingerprint density at radius 1 is 1.12 bits per heavy atom. The molecule has 2 aromatic carbocycles. The quantitative estimate of drug-likeness (QED) is 0.409. The predicted molar refractivity (Wildman–Crippen MR) is 135 cm³/mol. The van der Waals surface area contributed by atoms with Gasteiger partial charge in [0, 0.05) is 28.3 Å². The van der Waals surface area contributed by atoms with Crippen LogP contribution in [0.25, 0.3) is 12.2 Å². The smallest absolute Gasteiger partial charge is 0.330 e. The zero-order valence-corrected chi connectivity index (χ0v) is 21.0. The van der Waals surface area contributed by atoms with Crippen LogP contribution >= 0.6 is 0 Å². The van der Waals surface area contributed by atoms with Crippen molar-refractivity contribution in [3.05, 3.63) is 65.2 Å². The Bertz CT molecular complexity index is 1140. The summed E-state index contributed by atoms with van der Waals surface area (Å²) in [5, 5.41) is 0. The molecule has 6 nitrogen and oxygen atoms in total. The lowest BCUT2D eigenvalue weighted by Gasteiger charge is -2.32. The van der Waals surface area contributed by atoms with Gasteiger partial charge < -0.3 is 19.1 Å². The molecule has 180 valence electrons. The summed E-state index contributed by atoms with van der Waals surface area (Å²) >= 11 is 0. The maximum absolute atomic E-state index is 13.5. The number of fused-ring (bicyclic) bond motifs is 1. The number of rotatable bonds is 6. The minimum atomic E-state index is -0.611. The highest BCUT2D eigenvalue weighted by Crippen LogP contribution is 2.42. The monoisotopic (exact) mass is 463 g/mol. The number of ether oxygens (including phenoxy) is 3. The van der Waals surface area contributed by atoms with Crippen molar-refractivity contribution in [2.75, 3.05) is 19.1 Å². The lowest BCUT2D eigenvalue weighted by atomic mass is 9.93. The van der Waals surface area contributed by atoms with E-state index in [2.05, 4.69) is 4.74 Å². The van der Waals surface area contributed by atoms with E-state index in [1.54, 1.807) is 18.1 Å². The van der Waals surface area contributed by atoms with Crippen LogP contribution < -0.4 is 14.4 Å². The molecule has 1 aliphatic rings. The second-order valence-electron chi connectivity index (χ2n) is 9.81. The van der Waals surface area contributed by atoms with Crippen molar-refractivity contribution in [2.24, 2.45) is 5.41 Å². The molecule has 3 rings (SSSR count). The van der Waals surface area contributed by atoms with Crippen LogP contribution in [0, 0.1) is 5.41 Å². The number of nitrogens with zero attached hydrogens (tertiary/aromatic N) is 1. The average Bonchev–Trinajstić information content (AvgIpc) is 2.79. The summed E-state index contributed by atoms with van der Waals surface area (Å²) in [7, 11) is 2.95. The number of hydrogen-bond donors (Lipinski definition) is 0. The molecule has 1 aliphatic heterocycles. The van der Waals surface area contributed by atoms with Crippen LogP contribution in [-0.4, -0.2) is 31.7 Å². The Balaban J connectivity index is 2.05. The van der Waals surface area contributed by atoms with E-state index in [1.165, 1.54) is 13.2 Å². The van der Waals surface area contributed by atoms with Crippen LogP contribution in [0.4, 0.5) is 5.69 Å². The summed E-state index contributed by atoms with van der Waals surface area (Å²) in [4.78, 5) is 26.8. The molecular formula is C28H33NO5. The van der Waals surface area contributed by atoms with Gasteiger partial charge in [0.2, 0.25) is 5.91 Å². The molecule has 0 fully saturated rings. The van der Waals surface area contributed by atoms with E-state index in [-0.39, 0.29) is 5.91 Å². The normalized spacial score (nSPS) is 14.3. The van der Waals surface area contributed by atoms with Crippen molar-refractivity contribution in [3.63, 3.8) is 0 Å². The number of carbonyl (C=O) groups is 2. The molecule has 0 spiro atoms. The molecule has 0 N–H and O–H groups in total. The van der Waals surface area contributed by atoms with E-state index in [0.717, 1.165) is 16.7 Å². The summed E-state index contributed by atoms with van der Waals surface area (Å²) in [6.45, 7) is 9.95. The van der Waals surface area contributed by atoms with Gasteiger partial charge in [0.15, 0.2) is 11.5 Å². The zero-order valence-electron chi connectivity index (χ0n) is 21.0. The van der Waals surface area contributed by atoms with Crippen molar-refractivity contribution in [1.29, 1.82) is 0 Å². The Morgan fingerprint density at radius 3 is 2.50 bits per heavy atom. The standard InChI is InChI=1S/C28H33NO5/c1-27(2,3)26(31)29(22-10-8-9-19(17-22)11-14-23(30)32-6)18-21-13-12-20-15-16-28(4,5)34-25(20)24(21)33-7/h8-17H,18H2,1-7H3/b14-11+. The lowest BCUT2D eigenvalue weighted by Crippen LogP contribution is -2.39. The first kappa shape index (κ1) is 25.1.